The fraction of sp³-hybridized carbons (Fsp3) is 0.300. The number of sulfone groups is 1. The lowest BCUT2D eigenvalue weighted by Gasteiger charge is -2.11. The van der Waals surface area contributed by atoms with Crippen molar-refractivity contribution in [1.82, 2.24) is 5.32 Å². The second-order valence-electron chi connectivity index (χ2n) is 7.22. The molecule has 0 aromatic heterocycles. The zero-order valence-electron chi connectivity index (χ0n) is 15.7. The summed E-state index contributed by atoms with van der Waals surface area (Å²) in [6.07, 6.45) is 0. The third-order valence-electron chi connectivity index (χ3n) is 4.86. The highest BCUT2D eigenvalue weighted by molar-refractivity contribution is 8.15. The number of fused-ring (bicyclic) bond motifs is 1. The Balaban J connectivity index is 1.42. The average molecular weight is 450 g/mol. The molecular weight excluding hydrogens is 430 g/mol. The molecule has 0 bridgehead atoms. The van der Waals surface area contributed by atoms with Gasteiger partial charge in [-0.3, -0.25) is 9.79 Å². The number of halogens is 1. The van der Waals surface area contributed by atoms with E-state index in [0.29, 0.717) is 28.0 Å². The van der Waals surface area contributed by atoms with Gasteiger partial charge in [-0.1, -0.05) is 53.2 Å². The van der Waals surface area contributed by atoms with Gasteiger partial charge >= 0.3 is 0 Å². The predicted molar refractivity (Wildman–Crippen MR) is 119 cm³/mol. The van der Waals surface area contributed by atoms with E-state index in [1.165, 1.54) is 17.3 Å². The maximum Gasteiger partial charge on any atom is 0.251 e. The van der Waals surface area contributed by atoms with Gasteiger partial charge in [-0.15, -0.1) is 0 Å². The van der Waals surface area contributed by atoms with Crippen LogP contribution in [0, 0.1) is 6.92 Å². The Morgan fingerprint density at radius 2 is 1.97 bits per heavy atom. The molecule has 29 heavy (non-hydrogen) atoms. The lowest BCUT2D eigenvalue weighted by atomic mass is 10.1. The lowest BCUT2D eigenvalue weighted by molar-refractivity contribution is 0.0951. The van der Waals surface area contributed by atoms with Crippen LogP contribution in [0.4, 0.5) is 5.69 Å². The monoisotopic (exact) mass is 449 g/mol. The SMILES string of the molecule is Cc1ccc(CNC(=O)c2ccc(Cl)c(NC3=N[C@H]4CS(=O)(=O)C[C@@H]4S3)c2)cc1. The van der Waals surface area contributed by atoms with Gasteiger partial charge < -0.3 is 10.6 Å². The van der Waals surface area contributed by atoms with Crippen molar-refractivity contribution in [2.75, 3.05) is 16.8 Å². The summed E-state index contributed by atoms with van der Waals surface area (Å²) < 4.78 is 23.4. The van der Waals surface area contributed by atoms with Crippen LogP contribution in [0.25, 0.3) is 0 Å². The summed E-state index contributed by atoms with van der Waals surface area (Å²) in [5.41, 5.74) is 3.25. The standard InChI is InChI=1S/C20H20ClN3O3S2/c1-12-2-4-13(5-3-12)9-22-19(25)14-6-7-15(21)16(8-14)23-20-24-17-10-29(26,27)11-18(17)28-20/h2-8,17-18H,9-11H2,1H3,(H,22,25)(H,23,24)/t17-,18-/m0/s1. The highest BCUT2D eigenvalue weighted by Gasteiger charge is 2.42. The van der Waals surface area contributed by atoms with Crippen molar-refractivity contribution in [2.45, 2.75) is 24.8 Å². The fourth-order valence-corrected chi connectivity index (χ4v) is 7.12. The molecule has 152 valence electrons. The maximum absolute atomic E-state index is 12.5. The van der Waals surface area contributed by atoms with Gasteiger partial charge in [0.2, 0.25) is 0 Å². The molecule has 2 N–H and O–H groups in total. The number of amidine groups is 1. The molecule has 0 aliphatic carbocycles. The minimum atomic E-state index is -2.99. The molecule has 6 nitrogen and oxygen atoms in total. The first kappa shape index (κ1) is 20.3. The molecule has 2 aliphatic rings. The van der Waals surface area contributed by atoms with Gasteiger partial charge in [0, 0.05) is 17.4 Å². The molecule has 9 heteroatoms. The average Bonchev–Trinajstić information content (AvgIpc) is 3.15. The van der Waals surface area contributed by atoms with Crippen LogP contribution in [0.5, 0.6) is 0 Å². The summed E-state index contributed by atoms with van der Waals surface area (Å²) in [4.78, 5) is 17.0. The number of aryl methyl sites for hydroxylation is 1. The Hall–Kier alpha value is -2.03. The molecule has 2 aliphatic heterocycles. The summed E-state index contributed by atoms with van der Waals surface area (Å²) in [6, 6.07) is 12.8. The molecular formula is C20H20ClN3O3S2. The lowest BCUT2D eigenvalue weighted by Crippen LogP contribution is -2.23. The number of aliphatic imine (C=N–C) groups is 1. The van der Waals surface area contributed by atoms with Crippen molar-refractivity contribution in [2.24, 2.45) is 4.99 Å². The number of carbonyl (C=O) groups excluding carboxylic acids is 1. The first-order chi connectivity index (χ1) is 13.8. The zero-order valence-corrected chi connectivity index (χ0v) is 18.1. The molecule has 0 unspecified atom stereocenters. The van der Waals surface area contributed by atoms with Gasteiger partial charge in [-0.25, -0.2) is 8.42 Å². The van der Waals surface area contributed by atoms with Crippen molar-refractivity contribution in [3.8, 4) is 0 Å². The molecule has 2 atom stereocenters. The van der Waals surface area contributed by atoms with E-state index < -0.39 is 9.84 Å². The van der Waals surface area contributed by atoms with Crippen molar-refractivity contribution >= 4 is 50.0 Å². The van der Waals surface area contributed by atoms with Crippen molar-refractivity contribution in [3.05, 3.63) is 64.2 Å². The van der Waals surface area contributed by atoms with E-state index in [1.54, 1.807) is 18.2 Å². The Kier molecular flexibility index (Phi) is 5.59. The summed E-state index contributed by atoms with van der Waals surface area (Å²) in [5, 5.41) is 7.10. The Bertz CT molecular complexity index is 1080. The molecule has 0 radical (unpaired) electrons. The van der Waals surface area contributed by atoms with Crippen LogP contribution in [0.3, 0.4) is 0 Å². The fourth-order valence-electron chi connectivity index (χ4n) is 3.28. The van der Waals surface area contributed by atoms with Crippen LogP contribution in [0.15, 0.2) is 47.5 Å². The summed E-state index contributed by atoms with van der Waals surface area (Å²) in [7, 11) is -2.99. The van der Waals surface area contributed by atoms with Crippen LogP contribution in [-0.2, 0) is 16.4 Å². The number of nitrogens with one attached hydrogen (secondary N) is 2. The highest BCUT2D eigenvalue weighted by atomic mass is 35.5. The Morgan fingerprint density at radius 3 is 2.69 bits per heavy atom. The van der Waals surface area contributed by atoms with Gasteiger partial charge in [-0.2, -0.15) is 0 Å². The van der Waals surface area contributed by atoms with E-state index in [2.05, 4.69) is 15.6 Å². The number of hydrogen-bond donors (Lipinski definition) is 2. The third kappa shape index (κ3) is 4.76. The van der Waals surface area contributed by atoms with Crippen LogP contribution >= 0.6 is 23.4 Å². The van der Waals surface area contributed by atoms with E-state index in [9.17, 15) is 13.2 Å². The quantitative estimate of drug-likeness (QED) is 0.748. The van der Waals surface area contributed by atoms with Gasteiger partial charge in [0.05, 0.1) is 28.3 Å². The first-order valence-electron chi connectivity index (χ1n) is 9.14. The zero-order chi connectivity index (χ0) is 20.6. The largest absolute Gasteiger partial charge is 0.348 e. The van der Waals surface area contributed by atoms with Crippen LogP contribution in [0.1, 0.15) is 21.5 Å². The Morgan fingerprint density at radius 1 is 1.21 bits per heavy atom. The smallest absolute Gasteiger partial charge is 0.251 e. The van der Waals surface area contributed by atoms with E-state index in [-0.39, 0.29) is 28.7 Å². The maximum atomic E-state index is 12.5. The Labute approximate surface area is 179 Å². The van der Waals surface area contributed by atoms with Crippen LogP contribution in [-0.4, -0.2) is 42.3 Å². The van der Waals surface area contributed by atoms with E-state index in [0.717, 1.165) is 5.56 Å². The number of benzene rings is 2. The number of hydrogen-bond acceptors (Lipinski definition) is 6. The number of nitrogens with zero attached hydrogens (tertiary/aromatic N) is 1. The molecule has 2 aromatic rings. The van der Waals surface area contributed by atoms with Gasteiger partial charge in [0.25, 0.3) is 5.91 Å². The normalized spacial score (nSPS) is 22.1. The van der Waals surface area contributed by atoms with E-state index in [4.69, 9.17) is 11.6 Å². The summed E-state index contributed by atoms with van der Waals surface area (Å²) >= 11 is 7.69. The molecule has 0 spiro atoms. The predicted octanol–water partition coefficient (Wildman–Crippen LogP) is 3.26. The summed E-state index contributed by atoms with van der Waals surface area (Å²) in [5.74, 6) is 0.0336. The van der Waals surface area contributed by atoms with Crippen molar-refractivity contribution in [1.29, 1.82) is 0 Å². The second kappa shape index (κ2) is 8.01. The second-order valence-corrected chi connectivity index (χ2v) is 11.0. The number of amides is 1. The van der Waals surface area contributed by atoms with Crippen LogP contribution in [0.2, 0.25) is 5.02 Å². The minimum absolute atomic E-state index is 0.0535. The van der Waals surface area contributed by atoms with E-state index in [1.807, 2.05) is 31.2 Å². The minimum Gasteiger partial charge on any atom is -0.348 e. The number of rotatable bonds is 4. The van der Waals surface area contributed by atoms with Gasteiger partial charge in [0.1, 0.15) is 0 Å². The first-order valence-corrected chi connectivity index (χ1v) is 12.2. The van der Waals surface area contributed by atoms with Gasteiger partial charge in [-0.05, 0) is 30.7 Å². The highest BCUT2D eigenvalue weighted by Crippen LogP contribution is 2.35. The molecule has 1 fully saturated rings. The molecule has 2 heterocycles. The number of carbonyl (C=O) groups is 1. The summed E-state index contributed by atoms with van der Waals surface area (Å²) in [6.45, 7) is 2.45. The molecule has 1 saturated heterocycles. The molecule has 0 saturated carbocycles. The van der Waals surface area contributed by atoms with Gasteiger partial charge in [0.15, 0.2) is 15.0 Å². The molecule has 4 rings (SSSR count). The number of thioether (sulfide) groups is 1. The molecule has 1 amide bonds. The number of anilines is 1. The van der Waals surface area contributed by atoms with Crippen molar-refractivity contribution < 1.29 is 13.2 Å². The topological polar surface area (TPSA) is 87.6 Å². The third-order valence-corrected chi connectivity index (χ3v) is 8.33. The van der Waals surface area contributed by atoms with Crippen molar-refractivity contribution in [3.63, 3.8) is 0 Å². The van der Waals surface area contributed by atoms with Crippen LogP contribution < -0.4 is 10.6 Å². The van der Waals surface area contributed by atoms with E-state index >= 15 is 0 Å². The molecule has 2 aromatic carbocycles.